The number of aromatic nitrogens is 1. The summed E-state index contributed by atoms with van der Waals surface area (Å²) in [7, 11) is 0. The zero-order valence-corrected chi connectivity index (χ0v) is 13.9. The van der Waals surface area contributed by atoms with Gasteiger partial charge in [0, 0.05) is 17.0 Å². The third kappa shape index (κ3) is 4.24. The SMILES string of the molecule is Cc1ccc(-c2cnc(CCC(=O)Oc3ccc(Cl)cc3)o2)cc1. The number of carbonyl (C=O) groups is 1. The Balaban J connectivity index is 1.56. The average Bonchev–Trinajstić information content (AvgIpc) is 3.05. The number of nitrogens with zero attached hydrogens (tertiary/aromatic N) is 1. The first-order chi connectivity index (χ1) is 11.6. The van der Waals surface area contributed by atoms with Gasteiger partial charge in [-0.05, 0) is 31.2 Å². The Morgan fingerprint density at radius 3 is 2.54 bits per heavy atom. The van der Waals surface area contributed by atoms with Crippen LogP contribution in [0.1, 0.15) is 17.9 Å². The molecular weight excluding hydrogens is 326 g/mol. The maximum absolute atomic E-state index is 11.9. The molecule has 3 aromatic rings. The minimum atomic E-state index is -0.340. The van der Waals surface area contributed by atoms with E-state index in [0.717, 1.165) is 5.56 Å². The standard InChI is InChI=1S/C19H16ClNO3/c1-13-2-4-14(5-3-13)17-12-21-18(24-17)10-11-19(22)23-16-8-6-15(20)7-9-16/h2-9,12H,10-11H2,1H3. The van der Waals surface area contributed by atoms with Gasteiger partial charge in [-0.3, -0.25) is 4.79 Å². The summed E-state index contributed by atoms with van der Waals surface area (Å²) >= 11 is 5.79. The average molecular weight is 342 g/mol. The molecule has 4 nitrogen and oxygen atoms in total. The molecule has 0 saturated heterocycles. The highest BCUT2D eigenvalue weighted by atomic mass is 35.5. The lowest BCUT2D eigenvalue weighted by molar-refractivity contribution is -0.134. The number of rotatable bonds is 5. The van der Waals surface area contributed by atoms with Crippen LogP contribution in [0.4, 0.5) is 0 Å². The Bertz CT molecular complexity index is 823. The van der Waals surface area contributed by atoms with Gasteiger partial charge >= 0.3 is 5.97 Å². The van der Waals surface area contributed by atoms with E-state index < -0.39 is 0 Å². The molecule has 0 unspecified atom stereocenters. The first kappa shape index (κ1) is 16.3. The van der Waals surface area contributed by atoms with Gasteiger partial charge in [0.25, 0.3) is 0 Å². The van der Waals surface area contributed by atoms with Crippen LogP contribution in [0, 0.1) is 6.92 Å². The summed E-state index contributed by atoms with van der Waals surface area (Å²) < 4.78 is 10.9. The second-order valence-electron chi connectivity index (χ2n) is 5.41. The van der Waals surface area contributed by atoms with E-state index >= 15 is 0 Å². The van der Waals surface area contributed by atoms with Crippen molar-refractivity contribution in [3.8, 4) is 17.1 Å². The van der Waals surface area contributed by atoms with E-state index in [1.54, 1.807) is 30.5 Å². The molecule has 0 radical (unpaired) electrons. The Kier molecular flexibility index (Phi) is 4.96. The predicted octanol–water partition coefficient (Wildman–Crippen LogP) is 4.84. The molecule has 0 spiro atoms. The fourth-order valence-corrected chi connectivity index (χ4v) is 2.30. The summed E-state index contributed by atoms with van der Waals surface area (Å²) in [4.78, 5) is 16.1. The van der Waals surface area contributed by atoms with Crippen molar-refractivity contribution in [3.05, 3.63) is 71.2 Å². The molecule has 2 aromatic carbocycles. The van der Waals surface area contributed by atoms with E-state index in [4.69, 9.17) is 20.8 Å². The smallest absolute Gasteiger partial charge is 0.311 e. The van der Waals surface area contributed by atoms with Crippen molar-refractivity contribution in [2.24, 2.45) is 0 Å². The van der Waals surface area contributed by atoms with Crippen molar-refractivity contribution in [3.63, 3.8) is 0 Å². The maximum atomic E-state index is 11.9. The van der Waals surface area contributed by atoms with Crippen molar-refractivity contribution in [2.45, 2.75) is 19.8 Å². The number of carbonyl (C=O) groups excluding carboxylic acids is 1. The summed E-state index contributed by atoms with van der Waals surface area (Å²) in [5.74, 6) is 1.33. The summed E-state index contributed by atoms with van der Waals surface area (Å²) in [6.45, 7) is 2.03. The van der Waals surface area contributed by atoms with Crippen LogP contribution in [0.3, 0.4) is 0 Å². The summed E-state index contributed by atoms with van der Waals surface area (Å²) in [5, 5.41) is 0.596. The number of hydrogen-bond acceptors (Lipinski definition) is 4. The molecule has 3 rings (SSSR count). The Labute approximate surface area is 145 Å². The van der Waals surface area contributed by atoms with Crippen molar-refractivity contribution in [2.75, 3.05) is 0 Å². The molecule has 0 aliphatic rings. The first-order valence-corrected chi connectivity index (χ1v) is 7.96. The fourth-order valence-electron chi connectivity index (χ4n) is 2.17. The molecule has 0 aliphatic carbocycles. The topological polar surface area (TPSA) is 52.3 Å². The Morgan fingerprint density at radius 1 is 1.12 bits per heavy atom. The predicted molar refractivity (Wildman–Crippen MR) is 92.1 cm³/mol. The van der Waals surface area contributed by atoms with E-state index in [-0.39, 0.29) is 12.4 Å². The van der Waals surface area contributed by atoms with Crippen molar-refractivity contribution >= 4 is 17.6 Å². The van der Waals surface area contributed by atoms with Crippen LogP contribution in [0.2, 0.25) is 5.02 Å². The third-order valence-electron chi connectivity index (χ3n) is 3.48. The maximum Gasteiger partial charge on any atom is 0.311 e. The second kappa shape index (κ2) is 7.32. The molecule has 0 atom stereocenters. The summed E-state index contributed by atoms with van der Waals surface area (Å²) in [5.41, 5.74) is 2.14. The molecule has 1 heterocycles. The lowest BCUT2D eigenvalue weighted by atomic mass is 10.1. The van der Waals surface area contributed by atoms with Crippen molar-refractivity contribution in [1.82, 2.24) is 4.98 Å². The minimum Gasteiger partial charge on any atom is -0.441 e. The van der Waals surface area contributed by atoms with Gasteiger partial charge in [0.1, 0.15) is 5.75 Å². The molecule has 0 bridgehead atoms. The highest BCUT2D eigenvalue weighted by Gasteiger charge is 2.10. The van der Waals surface area contributed by atoms with E-state index in [1.165, 1.54) is 5.56 Å². The first-order valence-electron chi connectivity index (χ1n) is 7.58. The zero-order valence-electron chi connectivity index (χ0n) is 13.2. The highest BCUT2D eigenvalue weighted by Crippen LogP contribution is 2.21. The summed E-state index contributed by atoms with van der Waals surface area (Å²) in [6, 6.07) is 14.6. The normalized spacial score (nSPS) is 10.6. The largest absolute Gasteiger partial charge is 0.441 e. The Hall–Kier alpha value is -2.59. The van der Waals surface area contributed by atoms with Crippen molar-refractivity contribution in [1.29, 1.82) is 0 Å². The number of oxazole rings is 1. The van der Waals surface area contributed by atoms with Crippen LogP contribution >= 0.6 is 11.6 Å². The van der Waals surface area contributed by atoms with E-state index in [1.807, 2.05) is 31.2 Å². The molecule has 0 fully saturated rings. The van der Waals surface area contributed by atoms with E-state index in [0.29, 0.717) is 28.8 Å². The highest BCUT2D eigenvalue weighted by molar-refractivity contribution is 6.30. The molecule has 24 heavy (non-hydrogen) atoms. The van der Waals surface area contributed by atoms with E-state index in [2.05, 4.69) is 4.98 Å². The monoisotopic (exact) mass is 341 g/mol. The molecule has 122 valence electrons. The number of hydrogen-bond donors (Lipinski definition) is 0. The van der Waals surface area contributed by atoms with Crippen LogP contribution < -0.4 is 4.74 Å². The number of esters is 1. The Morgan fingerprint density at radius 2 is 1.83 bits per heavy atom. The number of ether oxygens (including phenoxy) is 1. The summed E-state index contributed by atoms with van der Waals surface area (Å²) in [6.07, 6.45) is 2.25. The fraction of sp³-hybridized carbons (Fsp3) is 0.158. The minimum absolute atomic E-state index is 0.191. The molecular formula is C19H16ClNO3. The molecule has 0 amide bonds. The number of aryl methyl sites for hydroxylation is 2. The van der Waals surface area contributed by atoms with Crippen LogP contribution in [-0.4, -0.2) is 11.0 Å². The van der Waals surface area contributed by atoms with Gasteiger partial charge in [0.2, 0.25) is 0 Å². The number of halogens is 1. The molecule has 0 saturated carbocycles. The molecule has 0 aliphatic heterocycles. The van der Waals surface area contributed by atoms with Gasteiger partial charge < -0.3 is 9.15 Å². The second-order valence-corrected chi connectivity index (χ2v) is 5.85. The number of benzene rings is 2. The van der Waals surface area contributed by atoms with Gasteiger partial charge in [-0.2, -0.15) is 0 Å². The molecule has 0 N–H and O–H groups in total. The van der Waals surface area contributed by atoms with Gasteiger partial charge in [-0.15, -0.1) is 0 Å². The zero-order chi connectivity index (χ0) is 16.9. The lowest BCUT2D eigenvalue weighted by Gasteiger charge is -2.03. The quantitative estimate of drug-likeness (QED) is 0.492. The molecule has 1 aromatic heterocycles. The lowest BCUT2D eigenvalue weighted by Crippen LogP contribution is -2.09. The van der Waals surface area contributed by atoms with Crippen LogP contribution in [0.25, 0.3) is 11.3 Å². The van der Waals surface area contributed by atoms with Gasteiger partial charge in [-0.1, -0.05) is 41.4 Å². The third-order valence-corrected chi connectivity index (χ3v) is 3.73. The van der Waals surface area contributed by atoms with Gasteiger partial charge in [-0.25, -0.2) is 4.98 Å². The molecule has 5 heteroatoms. The van der Waals surface area contributed by atoms with E-state index in [9.17, 15) is 4.79 Å². The van der Waals surface area contributed by atoms with Gasteiger partial charge in [0.15, 0.2) is 11.7 Å². The van der Waals surface area contributed by atoms with Crippen LogP contribution in [0.5, 0.6) is 5.75 Å². The van der Waals surface area contributed by atoms with Crippen LogP contribution in [0.15, 0.2) is 59.1 Å². The van der Waals surface area contributed by atoms with Crippen LogP contribution in [-0.2, 0) is 11.2 Å². The van der Waals surface area contributed by atoms with Gasteiger partial charge in [0.05, 0.1) is 12.6 Å². The van der Waals surface area contributed by atoms with Crippen molar-refractivity contribution < 1.29 is 13.9 Å².